The van der Waals surface area contributed by atoms with Crippen molar-refractivity contribution in [3.8, 4) is 0 Å². The zero-order valence-corrected chi connectivity index (χ0v) is 18.6. The second-order valence-electron chi connectivity index (χ2n) is 6.21. The molecular weight excluding hydrogens is 453 g/mol. The molecule has 0 aliphatic heterocycles. The Balaban J connectivity index is 2.23. The Hall–Kier alpha value is -2.33. The van der Waals surface area contributed by atoms with Crippen LogP contribution < -0.4 is 14.9 Å². The molecule has 0 saturated carbocycles. The average molecular weight is 474 g/mol. The van der Waals surface area contributed by atoms with Crippen LogP contribution in [0.3, 0.4) is 0 Å². The number of carbonyl (C=O) groups excluding carboxylic acids is 2. The van der Waals surface area contributed by atoms with Gasteiger partial charge in [-0.15, -0.1) is 0 Å². The number of ether oxygens (including phenoxy) is 1. The van der Waals surface area contributed by atoms with Crippen molar-refractivity contribution >= 4 is 56.4 Å². The summed E-state index contributed by atoms with van der Waals surface area (Å²) in [6.07, 6.45) is 0.953. The van der Waals surface area contributed by atoms with Crippen molar-refractivity contribution in [2.45, 2.75) is 0 Å². The first kappa shape index (κ1) is 23.9. The number of nitrogens with one attached hydrogen (secondary N) is 2. The van der Waals surface area contributed by atoms with E-state index < -0.39 is 28.4 Å². The molecule has 0 saturated heterocycles. The summed E-state index contributed by atoms with van der Waals surface area (Å²) in [5.41, 5.74) is 0.545. The van der Waals surface area contributed by atoms with Gasteiger partial charge in [-0.05, 0) is 30.3 Å². The largest absolute Gasteiger partial charge is 0.383 e. The van der Waals surface area contributed by atoms with E-state index >= 15 is 0 Å². The van der Waals surface area contributed by atoms with Crippen molar-refractivity contribution in [2.75, 3.05) is 42.7 Å². The van der Waals surface area contributed by atoms with Crippen molar-refractivity contribution in [1.82, 2.24) is 5.32 Å². The van der Waals surface area contributed by atoms with Gasteiger partial charge in [-0.25, -0.2) is 8.42 Å². The van der Waals surface area contributed by atoms with Crippen molar-refractivity contribution < 1.29 is 22.7 Å². The van der Waals surface area contributed by atoms with Gasteiger partial charge >= 0.3 is 0 Å². The van der Waals surface area contributed by atoms with Crippen LogP contribution in [-0.4, -0.2) is 53.3 Å². The molecule has 2 amide bonds. The highest BCUT2D eigenvalue weighted by Crippen LogP contribution is 2.30. The summed E-state index contributed by atoms with van der Waals surface area (Å²) in [7, 11) is -2.34. The lowest BCUT2D eigenvalue weighted by molar-refractivity contribution is -0.114. The summed E-state index contributed by atoms with van der Waals surface area (Å²) in [6.45, 7) is 0.0786. The molecule has 2 rings (SSSR count). The Morgan fingerprint density at radius 2 is 1.83 bits per heavy atom. The molecular formula is C19H21Cl2N3O5S. The van der Waals surface area contributed by atoms with Crippen LogP contribution in [0.25, 0.3) is 0 Å². The number of hydrogen-bond donors (Lipinski definition) is 2. The minimum Gasteiger partial charge on any atom is -0.383 e. The number of benzene rings is 2. The molecule has 0 heterocycles. The lowest BCUT2D eigenvalue weighted by Gasteiger charge is -2.23. The van der Waals surface area contributed by atoms with Gasteiger partial charge in [0.05, 0.1) is 34.8 Å². The van der Waals surface area contributed by atoms with E-state index in [1.807, 2.05) is 0 Å². The second-order valence-corrected chi connectivity index (χ2v) is 8.96. The molecule has 0 radical (unpaired) electrons. The maximum Gasteiger partial charge on any atom is 0.253 e. The van der Waals surface area contributed by atoms with E-state index in [-0.39, 0.29) is 27.0 Å². The molecule has 2 N–H and O–H groups in total. The van der Waals surface area contributed by atoms with Gasteiger partial charge < -0.3 is 15.4 Å². The number of hydrogen-bond acceptors (Lipinski definition) is 5. The zero-order valence-electron chi connectivity index (χ0n) is 16.3. The third-order valence-corrected chi connectivity index (χ3v) is 5.58. The molecule has 0 spiro atoms. The smallest absolute Gasteiger partial charge is 0.253 e. The first-order chi connectivity index (χ1) is 14.1. The average Bonchev–Trinajstić information content (AvgIpc) is 2.68. The molecule has 0 aromatic heterocycles. The summed E-state index contributed by atoms with van der Waals surface area (Å²) >= 11 is 12.1. The summed E-state index contributed by atoms with van der Waals surface area (Å²) in [4.78, 5) is 25.0. The zero-order chi connectivity index (χ0) is 22.3. The summed E-state index contributed by atoms with van der Waals surface area (Å²) < 4.78 is 30.3. The monoisotopic (exact) mass is 473 g/mol. The van der Waals surface area contributed by atoms with E-state index in [2.05, 4.69) is 10.6 Å². The number of halogens is 2. The first-order valence-corrected chi connectivity index (χ1v) is 11.3. The lowest BCUT2D eigenvalue weighted by atomic mass is 10.1. The minimum absolute atomic E-state index is 0.0763. The number of carbonyl (C=O) groups is 2. The number of para-hydroxylation sites is 1. The van der Waals surface area contributed by atoms with Crippen LogP contribution in [0, 0.1) is 0 Å². The lowest BCUT2D eigenvalue weighted by Crippen LogP contribution is -2.38. The maximum atomic E-state index is 12.6. The normalized spacial score (nSPS) is 11.1. The maximum absolute atomic E-state index is 12.6. The summed E-state index contributed by atoms with van der Waals surface area (Å²) in [6, 6.07) is 10.7. The quantitative estimate of drug-likeness (QED) is 0.544. The Morgan fingerprint density at radius 1 is 1.13 bits per heavy atom. The fraction of sp³-hybridized carbons (Fsp3) is 0.263. The van der Waals surface area contributed by atoms with Crippen LogP contribution in [0.15, 0.2) is 42.5 Å². The summed E-state index contributed by atoms with van der Waals surface area (Å²) in [5.74, 6) is -1.06. The van der Waals surface area contributed by atoms with Crippen molar-refractivity contribution in [1.29, 1.82) is 0 Å². The highest BCUT2D eigenvalue weighted by atomic mass is 35.5. The minimum atomic E-state index is -3.85. The molecule has 2 aromatic rings. The second kappa shape index (κ2) is 10.6. The predicted molar refractivity (Wildman–Crippen MR) is 118 cm³/mol. The Bertz CT molecular complexity index is 1030. The third-order valence-electron chi connectivity index (χ3n) is 3.90. The fourth-order valence-corrected chi connectivity index (χ4v) is 3.83. The van der Waals surface area contributed by atoms with Crippen LogP contribution >= 0.6 is 23.2 Å². The van der Waals surface area contributed by atoms with Gasteiger partial charge in [0.1, 0.15) is 6.54 Å². The molecule has 0 bridgehead atoms. The SMILES string of the molecule is COCCNC(=O)c1ccccc1NC(=O)CN(c1cc(Cl)ccc1Cl)S(C)(=O)=O. The number of rotatable bonds is 9. The molecule has 0 aliphatic carbocycles. The van der Waals surface area contributed by atoms with E-state index in [0.29, 0.717) is 13.2 Å². The van der Waals surface area contributed by atoms with Gasteiger partial charge in [0.15, 0.2) is 0 Å². The van der Waals surface area contributed by atoms with E-state index in [1.165, 1.54) is 25.3 Å². The van der Waals surface area contributed by atoms with Crippen LogP contribution in [0.4, 0.5) is 11.4 Å². The molecule has 2 aromatic carbocycles. The number of amides is 2. The van der Waals surface area contributed by atoms with Gasteiger partial charge in [-0.2, -0.15) is 0 Å². The number of methoxy groups -OCH3 is 1. The molecule has 11 heteroatoms. The van der Waals surface area contributed by atoms with Crippen LogP contribution in [-0.2, 0) is 19.6 Å². The summed E-state index contributed by atoms with van der Waals surface area (Å²) in [5, 5.41) is 5.63. The Kier molecular flexibility index (Phi) is 8.48. The van der Waals surface area contributed by atoms with Crippen LogP contribution in [0.5, 0.6) is 0 Å². The topological polar surface area (TPSA) is 105 Å². The molecule has 8 nitrogen and oxygen atoms in total. The standard InChI is InChI=1S/C19H21Cl2N3O5S/c1-29-10-9-22-19(26)14-5-3-4-6-16(14)23-18(25)12-24(30(2,27)28)17-11-13(20)7-8-15(17)21/h3-8,11H,9-10,12H2,1-2H3,(H,22,26)(H,23,25). The molecule has 0 unspecified atom stereocenters. The van der Waals surface area contributed by atoms with Crippen molar-refractivity contribution in [3.63, 3.8) is 0 Å². The fourth-order valence-electron chi connectivity index (χ4n) is 2.53. The molecule has 0 fully saturated rings. The number of sulfonamides is 1. The highest BCUT2D eigenvalue weighted by molar-refractivity contribution is 7.92. The van der Waals surface area contributed by atoms with Crippen LogP contribution in [0.2, 0.25) is 10.0 Å². The van der Waals surface area contributed by atoms with Crippen molar-refractivity contribution in [2.24, 2.45) is 0 Å². The van der Waals surface area contributed by atoms with E-state index in [0.717, 1.165) is 10.6 Å². The van der Waals surface area contributed by atoms with E-state index in [9.17, 15) is 18.0 Å². The molecule has 30 heavy (non-hydrogen) atoms. The van der Waals surface area contributed by atoms with Gasteiger partial charge in [0, 0.05) is 18.7 Å². The first-order valence-electron chi connectivity index (χ1n) is 8.72. The third kappa shape index (κ3) is 6.60. The van der Waals surface area contributed by atoms with Gasteiger partial charge in [0.25, 0.3) is 5.91 Å². The Morgan fingerprint density at radius 3 is 2.50 bits per heavy atom. The van der Waals surface area contributed by atoms with Crippen LogP contribution in [0.1, 0.15) is 10.4 Å². The van der Waals surface area contributed by atoms with Crippen molar-refractivity contribution in [3.05, 3.63) is 58.1 Å². The van der Waals surface area contributed by atoms with Gasteiger partial charge in [-0.1, -0.05) is 35.3 Å². The van der Waals surface area contributed by atoms with E-state index in [1.54, 1.807) is 24.3 Å². The molecule has 162 valence electrons. The van der Waals surface area contributed by atoms with E-state index in [4.69, 9.17) is 27.9 Å². The predicted octanol–water partition coefficient (Wildman–Crippen LogP) is 2.77. The Labute approximate surface area is 185 Å². The number of anilines is 2. The highest BCUT2D eigenvalue weighted by Gasteiger charge is 2.24. The molecule has 0 atom stereocenters. The number of nitrogens with zero attached hydrogens (tertiary/aromatic N) is 1. The molecule has 0 aliphatic rings. The van der Waals surface area contributed by atoms with Gasteiger partial charge in [0.2, 0.25) is 15.9 Å². The van der Waals surface area contributed by atoms with Gasteiger partial charge in [-0.3, -0.25) is 13.9 Å².